The largest absolute Gasteiger partial charge is 0.340 e. The molecule has 0 bridgehead atoms. The molecule has 0 saturated heterocycles. The van der Waals surface area contributed by atoms with E-state index in [4.69, 9.17) is 0 Å². The molecule has 0 atom stereocenters. The number of carbonyl (C=O) groups excluding carboxylic acids is 1. The van der Waals surface area contributed by atoms with Gasteiger partial charge in [-0.2, -0.15) is 0 Å². The highest BCUT2D eigenvalue weighted by molar-refractivity contribution is 9.09. The number of aryl methyl sites for hydroxylation is 1. The van der Waals surface area contributed by atoms with Crippen molar-refractivity contribution in [3.8, 4) is 0 Å². The molecule has 1 aromatic rings. The van der Waals surface area contributed by atoms with Gasteiger partial charge in [0.2, 0.25) is 5.91 Å². The smallest absolute Gasteiger partial charge is 0.223 e. The van der Waals surface area contributed by atoms with Gasteiger partial charge in [-0.1, -0.05) is 22.0 Å². The molecular formula is C11H15BrN2O. The zero-order valence-corrected chi connectivity index (χ0v) is 10.6. The highest BCUT2D eigenvalue weighted by atomic mass is 79.9. The van der Waals surface area contributed by atoms with E-state index in [-0.39, 0.29) is 5.91 Å². The Kier molecular flexibility index (Phi) is 4.75. The van der Waals surface area contributed by atoms with Crippen LogP contribution >= 0.6 is 15.9 Å². The van der Waals surface area contributed by atoms with Crippen molar-refractivity contribution in [2.75, 3.05) is 12.4 Å². The quantitative estimate of drug-likeness (QED) is 0.786. The Morgan fingerprint density at radius 3 is 2.87 bits per heavy atom. The number of rotatable bonds is 4. The van der Waals surface area contributed by atoms with Gasteiger partial charge in [0.05, 0.1) is 12.2 Å². The van der Waals surface area contributed by atoms with E-state index < -0.39 is 0 Å². The van der Waals surface area contributed by atoms with E-state index in [1.807, 2.05) is 25.1 Å². The maximum atomic E-state index is 11.5. The maximum absolute atomic E-state index is 11.5. The molecule has 0 aromatic carbocycles. The predicted octanol–water partition coefficient (Wildman–Crippen LogP) is 2.13. The average molecular weight is 271 g/mol. The summed E-state index contributed by atoms with van der Waals surface area (Å²) in [6.07, 6.45) is 0.530. The molecule has 1 aromatic heterocycles. The second-order valence-corrected chi connectivity index (χ2v) is 4.25. The Hall–Kier alpha value is -0.900. The SMILES string of the molecule is Cc1cccc(CN(C)C(=O)CCBr)n1. The van der Waals surface area contributed by atoms with Crippen LogP contribution in [0.2, 0.25) is 0 Å². The van der Waals surface area contributed by atoms with Crippen LogP contribution in [0.1, 0.15) is 17.8 Å². The number of aromatic nitrogens is 1. The van der Waals surface area contributed by atoms with Gasteiger partial charge in [0.15, 0.2) is 0 Å². The van der Waals surface area contributed by atoms with Gasteiger partial charge in [0.1, 0.15) is 0 Å². The first-order chi connectivity index (χ1) is 7.13. The average Bonchev–Trinajstić information content (AvgIpc) is 2.18. The van der Waals surface area contributed by atoms with Crippen LogP contribution in [0.3, 0.4) is 0 Å². The molecule has 1 rings (SSSR count). The van der Waals surface area contributed by atoms with Gasteiger partial charge >= 0.3 is 0 Å². The number of alkyl halides is 1. The van der Waals surface area contributed by atoms with Crippen LogP contribution in [0, 0.1) is 6.92 Å². The first kappa shape index (κ1) is 12.2. The van der Waals surface area contributed by atoms with Gasteiger partial charge in [-0.05, 0) is 19.1 Å². The molecule has 0 spiro atoms. The summed E-state index contributed by atoms with van der Waals surface area (Å²) in [5, 5.41) is 0.706. The van der Waals surface area contributed by atoms with E-state index in [0.717, 1.165) is 11.4 Å². The fourth-order valence-electron chi connectivity index (χ4n) is 1.29. The molecular weight excluding hydrogens is 256 g/mol. The van der Waals surface area contributed by atoms with Crippen LogP contribution in [-0.4, -0.2) is 28.2 Å². The molecule has 4 heteroatoms. The Bertz CT molecular complexity index is 341. The molecule has 0 unspecified atom stereocenters. The van der Waals surface area contributed by atoms with Crippen molar-refractivity contribution < 1.29 is 4.79 Å². The lowest BCUT2D eigenvalue weighted by Crippen LogP contribution is -2.26. The van der Waals surface area contributed by atoms with Gasteiger partial charge in [-0.3, -0.25) is 9.78 Å². The summed E-state index contributed by atoms with van der Waals surface area (Å²) in [5.74, 6) is 0.134. The molecule has 82 valence electrons. The predicted molar refractivity (Wildman–Crippen MR) is 63.9 cm³/mol. The Balaban J connectivity index is 2.58. The van der Waals surface area contributed by atoms with Crippen molar-refractivity contribution in [1.82, 2.24) is 9.88 Å². The van der Waals surface area contributed by atoms with E-state index in [0.29, 0.717) is 18.3 Å². The van der Waals surface area contributed by atoms with Crippen LogP contribution < -0.4 is 0 Å². The van der Waals surface area contributed by atoms with Crippen LogP contribution in [0.25, 0.3) is 0 Å². The number of nitrogens with zero attached hydrogens (tertiary/aromatic N) is 2. The summed E-state index contributed by atoms with van der Waals surface area (Å²) in [6.45, 7) is 2.53. The normalized spacial score (nSPS) is 10.1. The zero-order valence-electron chi connectivity index (χ0n) is 9.03. The van der Waals surface area contributed by atoms with Crippen molar-refractivity contribution in [2.45, 2.75) is 19.9 Å². The lowest BCUT2D eigenvalue weighted by Gasteiger charge is -2.16. The molecule has 3 nitrogen and oxygen atoms in total. The minimum Gasteiger partial charge on any atom is -0.340 e. The first-order valence-electron chi connectivity index (χ1n) is 4.86. The fourth-order valence-corrected chi connectivity index (χ4v) is 1.63. The maximum Gasteiger partial charge on any atom is 0.223 e. The van der Waals surface area contributed by atoms with E-state index >= 15 is 0 Å². The monoisotopic (exact) mass is 270 g/mol. The highest BCUT2D eigenvalue weighted by Gasteiger charge is 2.08. The molecule has 0 aliphatic heterocycles. The molecule has 1 amide bonds. The molecule has 0 aliphatic rings. The minimum atomic E-state index is 0.134. The molecule has 0 radical (unpaired) electrons. The standard InChI is InChI=1S/C11H15BrN2O/c1-9-4-3-5-10(13-9)8-14(2)11(15)6-7-12/h3-5H,6-8H2,1-2H3. The summed E-state index contributed by atoms with van der Waals surface area (Å²) in [6, 6.07) is 5.84. The molecule has 0 saturated carbocycles. The third kappa shape index (κ3) is 4.00. The van der Waals surface area contributed by atoms with E-state index in [1.165, 1.54) is 0 Å². The highest BCUT2D eigenvalue weighted by Crippen LogP contribution is 2.03. The molecule has 0 N–H and O–H groups in total. The molecule has 15 heavy (non-hydrogen) atoms. The van der Waals surface area contributed by atoms with Crippen LogP contribution in [-0.2, 0) is 11.3 Å². The summed E-state index contributed by atoms with van der Waals surface area (Å²) >= 11 is 3.25. The van der Waals surface area contributed by atoms with E-state index in [1.54, 1.807) is 11.9 Å². The second kappa shape index (κ2) is 5.85. The topological polar surface area (TPSA) is 33.2 Å². The third-order valence-electron chi connectivity index (χ3n) is 2.08. The van der Waals surface area contributed by atoms with Crippen molar-refractivity contribution in [3.63, 3.8) is 0 Å². The van der Waals surface area contributed by atoms with Crippen molar-refractivity contribution in [1.29, 1.82) is 0 Å². The van der Waals surface area contributed by atoms with Gasteiger partial charge < -0.3 is 4.90 Å². The van der Waals surface area contributed by atoms with Crippen molar-refractivity contribution in [3.05, 3.63) is 29.6 Å². The van der Waals surface area contributed by atoms with E-state index in [9.17, 15) is 4.79 Å². The summed E-state index contributed by atoms with van der Waals surface area (Å²) in [5.41, 5.74) is 1.91. The van der Waals surface area contributed by atoms with Crippen molar-refractivity contribution in [2.24, 2.45) is 0 Å². The lowest BCUT2D eigenvalue weighted by atomic mass is 10.3. The van der Waals surface area contributed by atoms with Gasteiger partial charge in [-0.25, -0.2) is 0 Å². The minimum absolute atomic E-state index is 0.134. The first-order valence-corrected chi connectivity index (χ1v) is 5.98. The summed E-state index contributed by atoms with van der Waals surface area (Å²) < 4.78 is 0. The Morgan fingerprint density at radius 2 is 2.27 bits per heavy atom. The van der Waals surface area contributed by atoms with Gasteiger partial charge in [0.25, 0.3) is 0 Å². The number of amides is 1. The van der Waals surface area contributed by atoms with Gasteiger partial charge in [0, 0.05) is 24.5 Å². The molecule has 0 fully saturated rings. The van der Waals surface area contributed by atoms with Crippen molar-refractivity contribution >= 4 is 21.8 Å². The summed E-state index contributed by atoms with van der Waals surface area (Å²) in [7, 11) is 1.80. The summed E-state index contributed by atoms with van der Waals surface area (Å²) in [4.78, 5) is 17.5. The second-order valence-electron chi connectivity index (χ2n) is 3.46. The number of halogens is 1. The van der Waals surface area contributed by atoms with E-state index in [2.05, 4.69) is 20.9 Å². The van der Waals surface area contributed by atoms with Crippen LogP contribution in [0.5, 0.6) is 0 Å². The Morgan fingerprint density at radius 1 is 1.53 bits per heavy atom. The fraction of sp³-hybridized carbons (Fsp3) is 0.455. The molecule has 1 heterocycles. The number of pyridine rings is 1. The zero-order chi connectivity index (χ0) is 11.3. The van der Waals surface area contributed by atoms with Crippen LogP contribution in [0.15, 0.2) is 18.2 Å². The number of carbonyl (C=O) groups is 1. The number of hydrogen-bond donors (Lipinski definition) is 0. The third-order valence-corrected chi connectivity index (χ3v) is 2.48. The van der Waals surface area contributed by atoms with Gasteiger partial charge in [-0.15, -0.1) is 0 Å². The van der Waals surface area contributed by atoms with Crippen LogP contribution in [0.4, 0.5) is 0 Å². The lowest BCUT2D eigenvalue weighted by molar-refractivity contribution is -0.129. The number of hydrogen-bond acceptors (Lipinski definition) is 2. The Labute approximate surface area is 98.6 Å². The molecule has 0 aliphatic carbocycles.